The zero-order valence-corrected chi connectivity index (χ0v) is 16.5. The number of ether oxygens (including phenoxy) is 1. The Hall–Kier alpha value is -1.88. The molecule has 2 aromatic rings. The Bertz CT molecular complexity index is 721. The molecule has 26 heavy (non-hydrogen) atoms. The van der Waals surface area contributed by atoms with Crippen molar-refractivity contribution < 1.29 is 14.6 Å². The Balaban J connectivity index is 2.22. The van der Waals surface area contributed by atoms with Crippen LogP contribution >= 0.6 is 0 Å². The van der Waals surface area contributed by atoms with E-state index in [0.717, 1.165) is 25.7 Å². The Morgan fingerprint density at radius 1 is 1.35 bits per heavy atom. The van der Waals surface area contributed by atoms with Crippen molar-refractivity contribution in [3.05, 3.63) is 29.7 Å². The van der Waals surface area contributed by atoms with Crippen LogP contribution in [0.15, 0.2) is 18.3 Å². The maximum atomic E-state index is 12.9. The van der Waals surface area contributed by atoms with Crippen LogP contribution in [0, 0.1) is 18.8 Å². The lowest BCUT2D eigenvalue weighted by Gasteiger charge is -2.13. The number of carbonyl (C=O) groups is 1. The minimum atomic E-state index is 0.0119. The number of unbranched alkanes of at least 4 members (excludes halogenated alkanes) is 1. The number of Topliss-reactive ketones (excluding diaryl/α,β-unsaturated/α-hetero) is 1. The first-order valence-corrected chi connectivity index (χ1v) is 9.72. The van der Waals surface area contributed by atoms with E-state index in [9.17, 15) is 9.90 Å². The number of hydrogen-bond donors (Lipinski definition) is 1. The molecule has 0 radical (unpaired) electrons. The molecule has 0 saturated carbocycles. The molecule has 0 aliphatic carbocycles. The van der Waals surface area contributed by atoms with Crippen molar-refractivity contribution >= 4 is 11.4 Å². The molecule has 2 aromatic heterocycles. The Labute approximate surface area is 156 Å². The lowest BCUT2D eigenvalue weighted by molar-refractivity contribution is 0.0923. The Morgan fingerprint density at radius 3 is 2.77 bits per heavy atom. The van der Waals surface area contributed by atoms with E-state index in [4.69, 9.17) is 4.74 Å². The number of ketones is 1. The number of aliphatic hydroxyl groups excluding tert-OH is 1. The molecular formula is C21H32N2O3. The van der Waals surface area contributed by atoms with Gasteiger partial charge >= 0.3 is 0 Å². The highest BCUT2D eigenvalue weighted by Crippen LogP contribution is 2.25. The number of nitrogens with zero attached hydrogens (tertiary/aromatic N) is 2. The summed E-state index contributed by atoms with van der Waals surface area (Å²) in [7, 11) is 0. The molecule has 0 aliphatic rings. The van der Waals surface area contributed by atoms with Crippen LogP contribution in [-0.4, -0.2) is 33.5 Å². The van der Waals surface area contributed by atoms with E-state index in [0.29, 0.717) is 41.7 Å². The van der Waals surface area contributed by atoms with Gasteiger partial charge in [-0.2, -0.15) is 0 Å². The Kier molecular flexibility index (Phi) is 7.64. The van der Waals surface area contributed by atoms with Crippen LogP contribution in [0.5, 0.6) is 5.75 Å². The fourth-order valence-electron chi connectivity index (χ4n) is 3.12. The van der Waals surface area contributed by atoms with Crippen molar-refractivity contribution in [3.63, 3.8) is 0 Å². The molecule has 0 spiro atoms. The van der Waals surface area contributed by atoms with Crippen molar-refractivity contribution in [3.8, 4) is 5.75 Å². The van der Waals surface area contributed by atoms with E-state index < -0.39 is 0 Å². The summed E-state index contributed by atoms with van der Waals surface area (Å²) >= 11 is 0. The second kappa shape index (κ2) is 9.72. The molecule has 0 aliphatic heterocycles. The van der Waals surface area contributed by atoms with Crippen molar-refractivity contribution in [2.45, 2.75) is 59.8 Å². The normalized spacial score (nSPS) is 12.7. The van der Waals surface area contributed by atoms with E-state index in [1.165, 1.54) is 0 Å². The van der Waals surface area contributed by atoms with E-state index in [2.05, 4.69) is 25.8 Å². The summed E-state index contributed by atoms with van der Waals surface area (Å²) in [5, 5.41) is 9.57. The number of aryl methyl sites for hydroxylation is 1. The predicted molar refractivity (Wildman–Crippen MR) is 104 cm³/mol. The minimum absolute atomic E-state index is 0.0119. The van der Waals surface area contributed by atoms with Crippen molar-refractivity contribution in [1.82, 2.24) is 9.38 Å². The molecule has 0 unspecified atom stereocenters. The summed E-state index contributed by atoms with van der Waals surface area (Å²) in [5.74, 6) is 1.33. The second-order valence-electron chi connectivity index (χ2n) is 7.46. The molecule has 2 rings (SSSR count). The number of aromatic nitrogens is 2. The molecule has 5 nitrogen and oxygen atoms in total. The maximum Gasteiger partial charge on any atom is 0.181 e. The Morgan fingerprint density at radius 2 is 2.12 bits per heavy atom. The van der Waals surface area contributed by atoms with E-state index in [-0.39, 0.29) is 18.3 Å². The highest BCUT2D eigenvalue weighted by molar-refractivity contribution is 5.96. The van der Waals surface area contributed by atoms with E-state index in [1.807, 2.05) is 29.7 Å². The van der Waals surface area contributed by atoms with Gasteiger partial charge in [0.1, 0.15) is 5.69 Å². The number of aliphatic hydroxyl groups is 1. The van der Waals surface area contributed by atoms with Crippen LogP contribution in [-0.2, 0) is 0 Å². The molecule has 1 atom stereocenters. The number of fused-ring (bicyclic) bond motifs is 1. The molecular weight excluding hydrogens is 328 g/mol. The van der Waals surface area contributed by atoms with Gasteiger partial charge in [-0.05, 0) is 43.7 Å². The SMILES string of the molecule is CCCC[C@H](CO)CC(=O)c1c(C)nc2c(OCCC(C)C)cccn12. The van der Waals surface area contributed by atoms with Crippen LogP contribution in [0.3, 0.4) is 0 Å². The molecule has 0 aromatic carbocycles. The molecule has 0 amide bonds. The van der Waals surface area contributed by atoms with Crippen LogP contribution in [0.4, 0.5) is 0 Å². The van der Waals surface area contributed by atoms with Gasteiger partial charge in [-0.15, -0.1) is 0 Å². The summed E-state index contributed by atoms with van der Waals surface area (Å²) < 4.78 is 7.73. The minimum Gasteiger partial charge on any atom is -0.490 e. The lowest BCUT2D eigenvalue weighted by atomic mass is 9.95. The van der Waals surface area contributed by atoms with Crippen molar-refractivity contribution in [2.75, 3.05) is 13.2 Å². The lowest BCUT2D eigenvalue weighted by Crippen LogP contribution is -2.15. The molecule has 2 heterocycles. The van der Waals surface area contributed by atoms with Gasteiger partial charge in [-0.3, -0.25) is 9.20 Å². The first-order chi connectivity index (χ1) is 12.5. The number of carbonyl (C=O) groups excluding carboxylic acids is 1. The van der Waals surface area contributed by atoms with Gasteiger partial charge in [0.15, 0.2) is 17.2 Å². The smallest absolute Gasteiger partial charge is 0.181 e. The van der Waals surface area contributed by atoms with Gasteiger partial charge < -0.3 is 9.84 Å². The quantitative estimate of drug-likeness (QED) is 0.602. The summed E-state index contributed by atoms with van der Waals surface area (Å²) in [4.78, 5) is 17.5. The third-order valence-electron chi connectivity index (χ3n) is 4.70. The van der Waals surface area contributed by atoms with Gasteiger partial charge in [0.25, 0.3) is 0 Å². The molecule has 1 N–H and O–H groups in total. The predicted octanol–water partition coefficient (Wildman–Crippen LogP) is 4.44. The number of pyridine rings is 1. The fourth-order valence-corrected chi connectivity index (χ4v) is 3.12. The first-order valence-electron chi connectivity index (χ1n) is 9.72. The van der Waals surface area contributed by atoms with Crippen molar-refractivity contribution in [1.29, 1.82) is 0 Å². The van der Waals surface area contributed by atoms with Crippen LogP contribution < -0.4 is 4.74 Å². The van der Waals surface area contributed by atoms with Gasteiger partial charge in [0, 0.05) is 19.2 Å². The molecule has 5 heteroatoms. The van der Waals surface area contributed by atoms with Gasteiger partial charge in [-0.25, -0.2) is 4.98 Å². The van der Waals surface area contributed by atoms with E-state index in [1.54, 1.807) is 0 Å². The fraction of sp³-hybridized carbons (Fsp3) is 0.619. The number of imidazole rings is 1. The molecule has 144 valence electrons. The monoisotopic (exact) mass is 360 g/mol. The molecule has 0 fully saturated rings. The molecule has 0 saturated heterocycles. The van der Waals surface area contributed by atoms with Gasteiger partial charge in [0.2, 0.25) is 0 Å². The van der Waals surface area contributed by atoms with Crippen LogP contribution in [0.25, 0.3) is 5.65 Å². The summed E-state index contributed by atoms with van der Waals surface area (Å²) in [6.45, 7) is 8.98. The largest absolute Gasteiger partial charge is 0.490 e. The third-order valence-corrected chi connectivity index (χ3v) is 4.70. The highest BCUT2D eigenvalue weighted by atomic mass is 16.5. The zero-order chi connectivity index (χ0) is 19.1. The average Bonchev–Trinajstić information content (AvgIpc) is 2.95. The van der Waals surface area contributed by atoms with Crippen LogP contribution in [0.2, 0.25) is 0 Å². The van der Waals surface area contributed by atoms with Crippen LogP contribution in [0.1, 0.15) is 69.1 Å². The van der Waals surface area contributed by atoms with Crippen molar-refractivity contribution in [2.24, 2.45) is 11.8 Å². The molecule has 0 bridgehead atoms. The third kappa shape index (κ3) is 5.07. The summed E-state index contributed by atoms with van der Waals surface area (Å²) in [6.07, 6.45) is 6.15. The second-order valence-corrected chi connectivity index (χ2v) is 7.46. The van der Waals surface area contributed by atoms with Gasteiger partial charge in [0.05, 0.1) is 12.3 Å². The highest BCUT2D eigenvalue weighted by Gasteiger charge is 2.21. The first kappa shape index (κ1) is 20.4. The number of rotatable bonds is 11. The van der Waals surface area contributed by atoms with Gasteiger partial charge in [-0.1, -0.05) is 33.6 Å². The maximum absolute atomic E-state index is 12.9. The average molecular weight is 360 g/mol. The summed E-state index contributed by atoms with van der Waals surface area (Å²) in [6, 6.07) is 3.78. The standard InChI is InChI=1S/C21H32N2O3/c1-5-6-8-17(14-24)13-18(25)20-16(4)22-21-19(9-7-11-23(20)21)26-12-10-15(2)3/h7,9,11,15,17,24H,5-6,8,10,12-14H2,1-4H3/t17-/m0/s1. The van der Waals surface area contributed by atoms with E-state index >= 15 is 0 Å². The topological polar surface area (TPSA) is 63.8 Å². The number of hydrogen-bond acceptors (Lipinski definition) is 4. The summed E-state index contributed by atoms with van der Waals surface area (Å²) in [5.41, 5.74) is 2.00. The zero-order valence-electron chi connectivity index (χ0n) is 16.5.